The molecule has 1 aromatic carbocycles. The lowest BCUT2D eigenvalue weighted by atomic mass is 9.87. The number of anilines is 1. The fourth-order valence-electron chi connectivity index (χ4n) is 3.00. The Bertz CT molecular complexity index is 787. The third kappa shape index (κ3) is 4.41. The van der Waals surface area contributed by atoms with Crippen molar-refractivity contribution in [2.45, 2.75) is 32.6 Å². The van der Waals surface area contributed by atoms with Crippen molar-refractivity contribution in [2.24, 2.45) is 5.92 Å². The van der Waals surface area contributed by atoms with Crippen LogP contribution >= 0.6 is 22.9 Å². The molecule has 6 heteroatoms. The minimum absolute atomic E-state index is 0.329. The molecular weight excluding hydrogens is 358 g/mol. The van der Waals surface area contributed by atoms with E-state index in [4.69, 9.17) is 16.3 Å². The minimum atomic E-state index is -0.443. The van der Waals surface area contributed by atoms with Gasteiger partial charge in [-0.3, -0.25) is 4.79 Å². The molecule has 2 aromatic rings. The molecule has 1 N–H and O–H groups in total. The number of rotatable bonds is 5. The highest BCUT2D eigenvalue weighted by Gasteiger charge is 2.23. The van der Waals surface area contributed by atoms with Gasteiger partial charge in [0.2, 0.25) is 0 Å². The van der Waals surface area contributed by atoms with Crippen LogP contribution in [-0.4, -0.2) is 18.5 Å². The van der Waals surface area contributed by atoms with Crippen LogP contribution in [0.5, 0.6) is 0 Å². The van der Waals surface area contributed by atoms with Gasteiger partial charge in [0.1, 0.15) is 4.88 Å². The molecule has 0 radical (unpaired) electrons. The van der Waals surface area contributed by atoms with Gasteiger partial charge >= 0.3 is 5.97 Å². The Morgan fingerprint density at radius 3 is 2.92 bits per heavy atom. The zero-order valence-electron chi connectivity index (χ0n) is 14.0. The fraction of sp³-hybridized carbons (Fsp3) is 0.368. The summed E-state index contributed by atoms with van der Waals surface area (Å²) in [5, 5.41) is 3.08. The van der Waals surface area contributed by atoms with Crippen LogP contribution in [0, 0.1) is 5.92 Å². The van der Waals surface area contributed by atoms with Crippen molar-refractivity contribution in [3.8, 4) is 0 Å². The molecule has 0 saturated heterocycles. The summed E-state index contributed by atoms with van der Waals surface area (Å²) in [6.45, 7) is 1.87. The summed E-state index contributed by atoms with van der Waals surface area (Å²) in [5.74, 6) is -0.150. The van der Waals surface area contributed by atoms with Crippen molar-refractivity contribution in [3.63, 3.8) is 0 Å². The highest BCUT2D eigenvalue weighted by atomic mass is 35.5. The summed E-state index contributed by atoms with van der Waals surface area (Å²) >= 11 is 7.47. The fourth-order valence-corrected chi connectivity index (χ4v) is 4.28. The monoisotopic (exact) mass is 377 g/mol. The van der Waals surface area contributed by atoms with Crippen LogP contribution in [0.2, 0.25) is 5.02 Å². The van der Waals surface area contributed by atoms with Crippen LogP contribution in [0.3, 0.4) is 0 Å². The number of carbonyl (C=O) groups is 2. The molecule has 1 aromatic heterocycles. The van der Waals surface area contributed by atoms with Gasteiger partial charge in [0.25, 0.3) is 5.91 Å². The molecule has 1 amide bonds. The molecule has 3 rings (SSSR count). The van der Waals surface area contributed by atoms with E-state index in [-0.39, 0.29) is 6.61 Å². The Labute approximate surface area is 156 Å². The summed E-state index contributed by atoms with van der Waals surface area (Å²) in [6.07, 6.45) is 4.40. The lowest BCUT2D eigenvalue weighted by molar-refractivity contribution is -0.119. The summed E-state index contributed by atoms with van der Waals surface area (Å²) in [5.41, 5.74) is 1.76. The van der Waals surface area contributed by atoms with Gasteiger partial charge in [-0.1, -0.05) is 37.1 Å². The highest BCUT2D eigenvalue weighted by Crippen LogP contribution is 2.33. The summed E-state index contributed by atoms with van der Waals surface area (Å²) in [4.78, 5) is 26.0. The summed E-state index contributed by atoms with van der Waals surface area (Å²) in [7, 11) is 0. The van der Waals surface area contributed by atoms with E-state index in [2.05, 4.69) is 12.2 Å². The van der Waals surface area contributed by atoms with Crippen LogP contribution in [-0.2, 0) is 22.4 Å². The number of hydrogen-bond donors (Lipinski definition) is 1. The maximum Gasteiger partial charge on any atom is 0.348 e. The average Bonchev–Trinajstić information content (AvgIpc) is 3.04. The number of amides is 1. The molecule has 25 heavy (non-hydrogen) atoms. The largest absolute Gasteiger partial charge is 0.451 e. The van der Waals surface area contributed by atoms with Gasteiger partial charge in [0, 0.05) is 4.88 Å². The molecule has 0 saturated carbocycles. The third-order valence-corrected chi connectivity index (χ3v) is 5.99. The number of halogens is 1. The van der Waals surface area contributed by atoms with Gasteiger partial charge in [-0.15, -0.1) is 11.3 Å². The average molecular weight is 378 g/mol. The standard InChI is InChI=1S/C19H20ClNO3S/c1-2-12-7-8-16-13(9-12)10-17(25-16)19(23)24-11-18(22)21-15-6-4-3-5-14(15)20/h3-6,10,12H,2,7-9,11H2,1H3,(H,21,22)/t12-/m1/s1. The predicted molar refractivity (Wildman–Crippen MR) is 100 cm³/mol. The first-order valence-corrected chi connectivity index (χ1v) is 9.59. The molecule has 0 spiro atoms. The van der Waals surface area contributed by atoms with Crippen molar-refractivity contribution in [3.05, 3.63) is 50.7 Å². The Kier molecular flexibility index (Phi) is 5.76. The van der Waals surface area contributed by atoms with E-state index in [9.17, 15) is 9.59 Å². The highest BCUT2D eigenvalue weighted by molar-refractivity contribution is 7.14. The molecule has 0 aliphatic heterocycles. The van der Waals surface area contributed by atoms with Gasteiger partial charge in [-0.2, -0.15) is 0 Å². The number of esters is 1. The van der Waals surface area contributed by atoms with Gasteiger partial charge in [-0.05, 0) is 48.9 Å². The zero-order chi connectivity index (χ0) is 17.8. The van der Waals surface area contributed by atoms with Gasteiger partial charge in [0.05, 0.1) is 10.7 Å². The normalized spacial score (nSPS) is 16.2. The topological polar surface area (TPSA) is 55.4 Å². The van der Waals surface area contributed by atoms with Crippen LogP contribution < -0.4 is 5.32 Å². The molecule has 1 atom stereocenters. The number of benzene rings is 1. The smallest absolute Gasteiger partial charge is 0.348 e. The van der Waals surface area contributed by atoms with Gasteiger partial charge in [-0.25, -0.2) is 4.79 Å². The second-order valence-corrected chi connectivity index (χ2v) is 7.72. The Morgan fingerprint density at radius 2 is 2.16 bits per heavy atom. The maximum atomic E-state index is 12.2. The Hall–Kier alpha value is -1.85. The van der Waals surface area contributed by atoms with Crippen molar-refractivity contribution in [1.29, 1.82) is 0 Å². The first-order chi connectivity index (χ1) is 12.1. The van der Waals surface area contributed by atoms with E-state index >= 15 is 0 Å². The number of thiophene rings is 1. The molecule has 1 aliphatic rings. The third-order valence-electron chi connectivity index (χ3n) is 4.45. The van der Waals surface area contributed by atoms with Crippen molar-refractivity contribution in [1.82, 2.24) is 0 Å². The van der Waals surface area contributed by atoms with E-state index in [0.717, 1.165) is 19.3 Å². The first kappa shape index (κ1) is 18.0. The Balaban J connectivity index is 1.55. The quantitative estimate of drug-likeness (QED) is 0.767. The van der Waals surface area contributed by atoms with Crippen LogP contribution in [0.25, 0.3) is 0 Å². The number of hydrogen-bond acceptors (Lipinski definition) is 4. The molecule has 0 fully saturated rings. The van der Waals surface area contributed by atoms with Crippen LogP contribution in [0.1, 0.15) is 39.9 Å². The van der Waals surface area contributed by atoms with Crippen molar-refractivity contribution >= 4 is 40.5 Å². The van der Waals surface area contributed by atoms with Crippen molar-refractivity contribution < 1.29 is 14.3 Å². The molecule has 0 bridgehead atoms. The van der Waals surface area contributed by atoms with E-state index in [1.807, 2.05) is 6.07 Å². The number of carbonyl (C=O) groups excluding carboxylic acids is 2. The second-order valence-electron chi connectivity index (χ2n) is 6.18. The summed E-state index contributed by atoms with van der Waals surface area (Å²) < 4.78 is 5.15. The second kappa shape index (κ2) is 8.02. The molecule has 0 unspecified atom stereocenters. The number of fused-ring (bicyclic) bond motifs is 1. The van der Waals surface area contributed by atoms with E-state index < -0.39 is 11.9 Å². The lowest BCUT2D eigenvalue weighted by Crippen LogP contribution is -2.20. The molecule has 1 aliphatic carbocycles. The SMILES string of the molecule is CC[C@@H]1CCc2sc(C(=O)OCC(=O)Nc3ccccc3Cl)cc2C1. The molecular formula is C19H20ClNO3S. The number of ether oxygens (including phenoxy) is 1. The van der Waals surface area contributed by atoms with Gasteiger partial charge in [0.15, 0.2) is 6.61 Å². The zero-order valence-corrected chi connectivity index (χ0v) is 15.6. The van der Waals surface area contributed by atoms with E-state index in [1.54, 1.807) is 24.3 Å². The summed E-state index contributed by atoms with van der Waals surface area (Å²) in [6, 6.07) is 8.85. The molecule has 4 nitrogen and oxygen atoms in total. The minimum Gasteiger partial charge on any atom is -0.451 e. The number of para-hydroxylation sites is 1. The number of aryl methyl sites for hydroxylation is 1. The predicted octanol–water partition coefficient (Wildman–Crippen LogP) is 4.71. The van der Waals surface area contributed by atoms with Crippen LogP contribution in [0.15, 0.2) is 30.3 Å². The van der Waals surface area contributed by atoms with Gasteiger partial charge < -0.3 is 10.1 Å². The molecule has 1 heterocycles. The first-order valence-electron chi connectivity index (χ1n) is 8.40. The van der Waals surface area contributed by atoms with E-state index in [1.165, 1.54) is 28.2 Å². The molecule has 132 valence electrons. The Morgan fingerprint density at radius 1 is 1.36 bits per heavy atom. The maximum absolute atomic E-state index is 12.2. The number of nitrogens with one attached hydrogen (secondary N) is 1. The van der Waals surface area contributed by atoms with Crippen LogP contribution in [0.4, 0.5) is 5.69 Å². The lowest BCUT2D eigenvalue weighted by Gasteiger charge is -2.19. The van der Waals surface area contributed by atoms with Crippen molar-refractivity contribution in [2.75, 3.05) is 11.9 Å². The van der Waals surface area contributed by atoms with E-state index in [0.29, 0.717) is 21.5 Å².